The number of carboxylic acids is 1. The van der Waals surface area contributed by atoms with Crippen molar-refractivity contribution in [3.8, 4) is 0 Å². The van der Waals surface area contributed by atoms with Crippen LogP contribution in [0.1, 0.15) is 24.2 Å². The van der Waals surface area contributed by atoms with Crippen LogP contribution in [0.4, 0.5) is 0 Å². The molecule has 0 saturated heterocycles. The number of rotatable bonds is 6. The van der Waals surface area contributed by atoms with E-state index >= 15 is 0 Å². The SMILES string of the molecule is CC(CO)C(C)CO.O=C(O)c1ccccc1.O=P(O)(c1ccccc1)c1ccccc1. The fourth-order valence-corrected chi connectivity index (χ4v) is 3.80. The second kappa shape index (κ2) is 14.3. The van der Waals surface area contributed by atoms with E-state index in [1.165, 1.54) is 0 Å². The van der Waals surface area contributed by atoms with Crippen LogP contribution in [0.3, 0.4) is 0 Å². The van der Waals surface area contributed by atoms with Crippen LogP contribution in [0, 0.1) is 11.8 Å². The number of hydrogen-bond donors (Lipinski definition) is 4. The molecule has 4 N–H and O–H groups in total. The van der Waals surface area contributed by atoms with Gasteiger partial charge in [-0.2, -0.15) is 0 Å². The lowest BCUT2D eigenvalue weighted by Gasteiger charge is -2.13. The molecule has 2 unspecified atom stereocenters. The topological polar surface area (TPSA) is 115 Å². The Hall–Kier alpha value is -2.76. The van der Waals surface area contributed by atoms with E-state index in [9.17, 15) is 14.3 Å². The predicted molar refractivity (Wildman–Crippen MR) is 128 cm³/mol. The van der Waals surface area contributed by atoms with Gasteiger partial charge in [0.1, 0.15) is 0 Å². The molecule has 0 aliphatic carbocycles. The number of aliphatic hydroxyl groups is 2. The van der Waals surface area contributed by atoms with E-state index in [-0.39, 0.29) is 25.0 Å². The predicted octanol–water partition coefficient (Wildman–Crippen LogP) is 3.54. The number of aliphatic hydroxyl groups excluding tert-OH is 2. The molecule has 0 amide bonds. The normalized spacial score (nSPS) is 12.3. The van der Waals surface area contributed by atoms with Gasteiger partial charge >= 0.3 is 5.97 Å². The summed E-state index contributed by atoms with van der Waals surface area (Å²) >= 11 is 0. The number of carbonyl (C=O) groups is 1. The molecule has 0 radical (unpaired) electrons. The molecular weight excluding hydrogens is 427 g/mol. The van der Waals surface area contributed by atoms with Crippen molar-refractivity contribution < 1.29 is 29.6 Å². The average Bonchev–Trinajstić information content (AvgIpc) is 2.85. The van der Waals surface area contributed by atoms with Crippen molar-refractivity contribution in [2.75, 3.05) is 13.2 Å². The maximum absolute atomic E-state index is 12.2. The molecule has 3 rings (SSSR count). The molecule has 0 fully saturated rings. The van der Waals surface area contributed by atoms with Crippen molar-refractivity contribution >= 4 is 23.9 Å². The van der Waals surface area contributed by atoms with Crippen LogP contribution >= 0.6 is 7.37 Å². The first-order valence-electron chi connectivity index (χ1n) is 10.2. The number of benzene rings is 3. The highest BCUT2D eigenvalue weighted by Gasteiger charge is 2.22. The maximum atomic E-state index is 12.2. The summed E-state index contributed by atoms with van der Waals surface area (Å²) in [6, 6.07) is 25.7. The van der Waals surface area contributed by atoms with E-state index in [1.807, 2.05) is 26.0 Å². The van der Waals surface area contributed by atoms with Crippen LogP contribution in [-0.2, 0) is 4.57 Å². The molecule has 0 bridgehead atoms. The molecule has 3 aromatic rings. The van der Waals surface area contributed by atoms with Crippen LogP contribution < -0.4 is 10.6 Å². The molecule has 0 aromatic heterocycles. The van der Waals surface area contributed by atoms with Crippen molar-refractivity contribution in [2.45, 2.75) is 13.8 Å². The van der Waals surface area contributed by atoms with Crippen LogP contribution in [0.5, 0.6) is 0 Å². The molecular formula is C25H31O6P. The fraction of sp³-hybridized carbons (Fsp3) is 0.240. The van der Waals surface area contributed by atoms with Gasteiger partial charge in [-0.3, -0.25) is 4.57 Å². The third-order valence-electron chi connectivity index (χ3n) is 4.78. The van der Waals surface area contributed by atoms with Gasteiger partial charge in [0.25, 0.3) is 7.37 Å². The number of carboxylic acid groups (broad SMARTS) is 1. The molecule has 3 aromatic carbocycles. The molecule has 0 spiro atoms. The lowest BCUT2D eigenvalue weighted by molar-refractivity contribution is 0.0697. The first-order valence-corrected chi connectivity index (χ1v) is 11.8. The minimum absolute atomic E-state index is 0.168. The third-order valence-corrected chi connectivity index (χ3v) is 6.78. The Labute approximate surface area is 189 Å². The highest BCUT2D eigenvalue weighted by molar-refractivity contribution is 7.73. The fourth-order valence-electron chi connectivity index (χ4n) is 2.35. The van der Waals surface area contributed by atoms with E-state index < -0.39 is 13.3 Å². The molecule has 0 saturated carbocycles. The third kappa shape index (κ3) is 9.16. The smallest absolute Gasteiger partial charge is 0.335 e. The average molecular weight is 458 g/mol. The summed E-state index contributed by atoms with van der Waals surface area (Å²) in [6.45, 7) is 4.17. The molecule has 0 aliphatic heterocycles. The Morgan fingerprint density at radius 3 is 1.28 bits per heavy atom. The highest BCUT2D eigenvalue weighted by Crippen LogP contribution is 2.37. The minimum Gasteiger partial charge on any atom is -0.478 e. The minimum atomic E-state index is -3.40. The first-order chi connectivity index (χ1) is 15.2. The van der Waals surface area contributed by atoms with E-state index in [1.54, 1.807) is 78.9 Å². The molecule has 6 nitrogen and oxygen atoms in total. The van der Waals surface area contributed by atoms with Gasteiger partial charge in [0, 0.05) is 23.8 Å². The van der Waals surface area contributed by atoms with Gasteiger partial charge < -0.3 is 20.2 Å². The number of aromatic carboxylic acids is 1. The Balaban J connectivity index is 0.000000260. The second-order valence-corrected chi connectivity index (χ2v) is 9.42. The Morgan fingerprint density at radius 1 is 0.719 bits per heavy atom. The van der Waals surface area contributed by atoms with Crippen LogP contribution in [0.25, 0.3) is 0 Å². The van der Waals surface area contributed by atoms with Crippen molar-refractivity contribution in [1.29, 1.82) is 0 Å². The van der Waals surface area contributed by atoms with Gasteiger partial charge in [-0.25, -0.2) is 4.79 Å². The molecule has 0 aliphatic rings. The zero-order valence-electron chi connectivity index (χ0n) is 18.3. The zero-order chi connectivity index (χ0) is 24.0. The molecule has 2 atom stereocenters. The standard InChI is InChI=1S/C12H11O2P.C7H6O2.C6H14O2/c13-15(14,11-7-3-1-4-8-11)12-9-5-2-6-10-12;8-7(9)6-4-2-1-3-5-6;1-5(3-7)6(2)4-8/h1-10H,(H,13,14);1-5H,(H,8,9);5-8H,3-4H2,1-2H3. The van der Waals surface area contributed by atoms with Gasteiger partial charge in [-0.1, -0.05) is 68.4 Å². The highest BCUT2D eigenvalue weighted by atomic mass is 31.2. The summed E-state index contributed by atoms with van der Waals surface area (Å²) in [7, 11) is -3.40. The summed E-state index contributed by atoms with van der Waals surface area (Å²) in [5.41, 5.74) is 0.331. The largest absolute Gasteiger partial charge is 0.478 e. The van der Waals surface area contributed by atoms with E-state index in [0.29, 0.717) is 16.2 Å². The molecule has 32 heavy (non-hydrogen) atoms. The van der Waals surface area contributed by atoms with Crippen molar-refractivity contribution in [2.24, 2.45) is 11.8 Å². The molecule has 172 valence electrons. The summed E-state index contributed by atoms with van der Waals surface area (Å²) in [4.78, 5) is 20.2. The molecule has 7 heteroatoms. The van der Waals surface area contributed by atoms with Gasteiger partial charge in [-0.05, 0) is 48.2 Å². The summed E-state index contributed by atoms with van der Waals surface area (Å²) in [5, 5.41) is 26.4. The molecule has 0 heterocycles. The monoisotopic (exact) mass is 458 g/mol. The second-order valence-electron chi connectivity index (χ2n) is 7.24. The lowest BCUT2D eigenvalue weighted by atomic mass is 9.98. The summed E-state index contributed by atoms with van der Waals surface area (Å²) in [6.07, 6.45) is 0. The van der Waals surface area contributed by atoms with Gasteiger partial charge in [0.15, 0.2) is 0 Å². The van der Waals surface area contributed by atoms with Crippen molar-refractivity contribution in [3.63, 3.8) is 0 Å². The van der Waals surface area contributed by atoms with Crippen LogP contribution in [-0.4, -0.2) is 39.4 Å². The van der Waals surface area contributed by atoms with Crippen molar-refractivity contribution in [3.05, 3.63) is 96.6 Å². The Bertz CT molecular complexity index is 896. The summed E-state index contributed by atoms with van der Waals surface area (Å²) < 4.78 is 12.2. The van der Waals surface area contributed by atoms with E-state index in [0.717, 1.165) is 0 Å². The first kappa shape index (κ1) is 27.3. The van der Waals surface area contributed by atoms with Crippen LogP contribution in [0.2, 0.25) is 0 Å². The lowest BCUT2D eigenvalue weighted by Crippen LogP contribution is -2.15. The maximum Gasteiger partial charge on any atom is 0.335 e. The van der Waals surface area contributed by atoms with Crippen LogP contribution in [0.15, 0.2) is 91.0 Å². The van der Waals surface area contributed by atoms with Gasteiger partial charge in [0.2, 0.25) is 0 Å². The van der Waals surface area contributed by atoms with Crippen molar-refractivity contribution in [1.82, 2.24) is 0 Å². The number of hydrogen-bond acceptors (Lipinski definition) is 4. The van der Waals surface area contributed by atoms with Gasteiger partial charge in [0.05, 0.1) is 5.56 Å². The summed E-state index contributed by atoms with van der Waals surface area (Å²) in [5.74, 6) is -0.435. The zero-order valence-corrected chi connectivity index (χ0v) is 19.2. The van der Waals surface area contributed by atoms with Gasteiger partial charge in [-0.15, -0.1) is 0 Å². The quantitative estimate of drug-likeness (QED) is 0.420. The Morgan fingerprint density at radius 2 is 1.03 bits per heavy atom. The Kier molecular flexibility index (Phi) is 12.2. The van der Waals surface area contributed by atoms with E-state index in [4.69, 9.17) is 15.3 Å². The van der Waals surface area contributed by atoms with E-state index in [2.05, 4.69) is 0 Å².